The fourth-order valence-corrected chi connectivity index (χ4v) is 5.58. The molecule has 0 aromatic carbocycles. The molecule has 3 aromatic heterocycles. The van der Waals surface area contributed by atoms with Crippen LogP contribution in [0.2, 0.25) is 0 Å². The van der Waals surface area contributed by atoms with Gasteiger partial charge in [0, 0.05) is 50.0 Å². The highest BCUT2D eigenvalue weighted by atomic mass is 32.1. The second-order valence-corrected chi connectivity index (χ2v) is 9.39. The van der Waals surface area contributed by atoms with E-state index >= 15 is 0 Å². The summed E-state index contributed by atoms with van der Waals surface area (Å²) in [6, 6.07) is 12.5. The molecule has 34 heavy (non-hydrogen) atoms. The van der Waals surface area contributed by atoms with Crippen LogP contribution < -0.4 is 5.32 Å². The Kier molecular flexibility index (Phi) is 6.89. The molecule has 5 heterocycles. The van der Waals surface area contributed by atoms with Crippen molar-refractivity contribution in [3.63, 3.8) is 0 Å². The lowest BCUT2D eigenvalue weighted by molar-refractivity contribution is 0.0365. The minimum atomic E-state index is -0.0000602. The van der Waals surface area contributed by atoms with E-state index in [0.29, 0.717) is 0 Å². The van der Waals surface area contributed by atoms with Crippen LogP contribution in [0, 0.1) is 13.8 Å². The summed E-state index contributed by atoms with van der Waals surface area (Å²) < 4.78 is 7.78. The zero-order valence-electron chi connectivity index (χ0n) is 19.9. The standard InChI is InChI=1S/C26H32N6OS/c1-19-17-22(20(2)32(19)21-7-5-9-27-18-21)25-24(23-8-3-4-10-28-23)29-26(34)31(25)12-6-11-30-13-15-33-16-14-30/h3-5,7-10,17-18,24-25H,6,11-16H2,1-2H3,(H,29,34)/t24-,25+/m1/s1. The Morgan fingerprint density at radius 3 is 2.68 bits per heavy atom. The Labute approximate surface area is 206 Å². The van der Waals surface area contributed by atoms with Crippen LogP contribution in [0.4, 0.5) is 0 Å². The number of ether oxygens (including phenoxy) is 1. The molecule has 2 atom stereocenters. The van der Waals surface area contributed by atoms with Crippen molar-refractivity contribution in [2.45, 2.75) is 32.4 Å². The van der Waals surface area contributed by atoms with Crippen LogP contribution in [0.3, 0.4) is 0 Å². The van der Waals surface area contributed by atoms with Gasteiger partial charge in [-0.1, -0.05) is 6.07 Å². The Bertz CT molecular complexity index is 1110. The summed E-state index contributed by atoms with van der Waals surface area (Å²) >= 11 is 5.88. The molecule has 178 valence electrons. The number of aryl methyl sites for hydroxylation is 1. The van der Waals surface area contributed by atoms with Crippen LogP contribution >= 0.6 is 12.2 Å². The molecule has 8 heteroatoms. The van der Waals surface area contributed by atoms with Gasteiger partial charge < -0.3 is 19.5 Å². The van der Waals surface area contributed by atoms with Crippen molar-refractivity contribution in [3.8, 4) is 5.69 Å². The highest BCUT2D eigenvalue weighted by molar-refractivity contribution is 7.80. The highest BCUT2D eigenvalue weighted by Gasteiger charge is 2.41. The second kappa shape index (κ2) is 10.2. The van der Waals surface area contributed by atoms with Crippen LogP contribution in [-0.4, -0.2) is 68.8 Å². The number of rotatable bonds is 7. The first kappa shape index (κ1) is 23.0. The van der Waals surface area contributed by atoms with E-state index in [-0.39, 0.29) is 12.1 Å². The van der Waals surface area contributed by atoms with Gasteiger partial charge in [0.25, 0.3) is 0 Å². The normalized spacial score (nSPS) is 21.1. The average molecular weight is 477 g/mol. The van der Waals surface area contributed by atoms with Crippen LogP contribution in [-0.2, 0) is 4.74 Å². The minimum Gasteiger partial charge on any atom is -0.379 e. The maximum Gasteiger partial charge on any atom is 0.170 e. The number of pyridine rings is 2. The van der Waals surface area contributed by atoms with Crippen molar-refractivity contribution in [1.29, 1.82) is 0 Å². The number of hydrogen-bond acceptors (Lipinski definition) is 5. The molecule has 3 aromatic rings. The van der Waals surface area contributed by atoms with E-state index in [1.165, 1.54) is 17.0 Å². The SMILES string of the molecule is Cc1cc([C@H]2[C@@H](c3ccccn3)NC(=S)N2CCCN2CCOCC2)c(C)n1-c1cccnc1. The van der Waals surface area contributed by atoms with Gasteiger partial charge in [-0.25, -0.2) is 0 Å². The third kappa shape index (κ3) is 4.58. The molecule has 0 amide bonds. The van der Waals surface area contributed by atoms with Gasteiger partial charge in [-0.2, -0.15) is 0 Å². The van der Waals surface area contributed by atoms with E-state index in [0.717, 1.165) is 62.3 Å². The lowest BCUT2D eigenvalue weighted by atomic mass is 9.96. The van der Waals surface area contributed by atoms with Gasteiger partial charge in [0.15, 0.2) is 5.11 Å². The maximum atomic E-state index is 5.88. The molecule has 1 N–H and O–H groups in total. The number of hydrogen-bond donors (Lipinski definition) is 1. The van der Waals surface area contributed by atoms with E-state index in [9.17, 15) is 0 Å². The molecule has 0 unspecified atom stereocenters. The van der Waals surface area contributed by atoms with Crippen molar-refractivity contribution in [1.82, 2.24) is 29.7 Å². The quantitative estimate of drug-likeness (QED) is 0.523. The number of morpholine rings is 1. The molecule has 0 bridgehead atoms. The molecule has 0 spiro atoms. The molecule has 0 radical (unpaired) electrons. The monoisotopic (exact) mass is 476 g/mol. The first-order valence-corrected chi connectivity index (χ1v) is 12.4. The Balaban J connectivity index is 1.46. The van der Waals surface area contributed by atoms with Crippen molar-refractivity contribution in [2.75, 3.05) is 39.4 Å². The van der Waals surface area contributed by atoms with Gasteiger partial charge >= 0.3 is 0 Å². The van der Waals surface area contributed by atoms with Crippen LogP contribution in [0.15, 0.2) is 55.0 Å². The fraction of sp³-hybridized carbons (Fsp3) is 0.423. The Hall–Kier alpha value is -2.81. The van der Waals surface area contributed by atoms with Crippen LogP contribution in [0.1, 0.15) is 41.1 Å². The summed E-state index contributed by atoms with van der Waals surface area (Å²) in [5.41, 5.74) is 5.76. The van der Waals surface area contributed by atoms with E-state index in [1.807, 2.05) is 36.8 Å². The number of thiocarbonyl (C=S) groups is 1. The van der Waals surface area contributed by atoms with Crippen LogP contribution in [0.5, 0.6) is 0 Å². The molecular weight excluding hydrogens is 444 g/mol. The van der Waals surface area contributed by atoms with E-state index < -0.39 is 0 Å². The topological polar surface area (TPSA) is 58.5 Å². The third-order valence-electron chi connectivity index (χ3n) is 6.87. The Morgan fingerprint density at radius 1 is 1.09 bits per heavy atom. The first-order chi connectivity index (χ1) is 16.6. The third-order valence-corrected chi connectivity index (χ3v) is 7.22. The van der Waals surface area contributed by atoms with E-state index in [1.54, 1.807) is 0 Å². The molecule has 7 nitrogen and oxygen atoms in total. The van der Waals surface area contributed by atoms with Crippen molar-refractivity contribution < 1.29 is 4.74 Å². The molecular formula is C26H32N6OS. The van der Waals surface area contributed by atoms with Gasteiger partial charge in [-0.3, -0.25) is 14.9 Å². The van der Waals surface area contributed by atoms with Crippen molar-refractivity contribution in [2.24, 2.45) is 0 Å². The van der Waals surface area contributed by atoms with E-state index in [4.69, 9.17) is 17.0 Å². The summed E-state index contributed by atoms with van der Waals surface area (Å²) in [5, 5.41) is 4.39. The predicted octanol–water partition coefficient (Wildman–Crippen LogP) is 3.58. The molecule has 2 saturated heterocycles. The van der Waals surface area contributed by atoms with E-state index in [2.05, 4.69) is 61.7 Å². The number of nitrogens with one attached hydrogen (secondary N) is 1. The summed E-state index contributed by atoms with van der Waals surface area (Å²) in [6.45, 7) is 9.97. The zero-order valence-corrected chi connectivity index (χ0v) is 20.7. The predicted molar refractivity (Wildman–Crippen MR) is 137 cm³/mol. The van der Waals surface area contributed by atoms with Gasteiger partial charge in [-0.15, -0.1) is 0 Å². The lowest BCUT2D eigenvalue weighted by Crippen LogP contribution is -2.39. The summed E-state index contributed by atoms with van der Waals surface area (Å²) in [6.07, 6.45) is 6.63. The molecule has 5 rings (SSSR count). The zero-order chi connectivity index (χ0) is 23.5. The Morgan fingerprint density at radius 2 is 1.94 bits per heavy atom. The van der Waals surface area contributed by atoms with Crippen molar-refractivity contribution in [3.05, 3.63) is 77.6 Å². The molecule has 2 aliphatic rings. The molecule has 2 fully saturated rings. The van der Waals surface area contributed by atoms with Gasteiger partial charge in [0.05, 0.1) is 42.9 Å². The molecule has 2 aliphatic heterocycles. The summed E-state index contributed by atoms with van der Waals surface area (Å²) in [7, 11) is 0. The smallest absolute Gasteiger partial charge is 0.170 e. The maximum absolute atomic E-state index is 5.88. The highest BCUT2D eigenvalue weighted by Crippen LogP contribution is 2.41. The summed E-state index contributed by atoms with van der Waals surface area (Å²) in [4.78, 5) is 13.9. The van der Waals surface area contributed by atoms with Gasteiger partial charge in [-0.05, 0) is 68.4 Å². The minimum absolute atomic E-state index is 0.0000602. The largest absolute Gasteiger partial charge is 0.379 e. The number of nitrogens with zero attached hydrogens (tertiary/aromatic N) is 5. The van der Waals surface area contributed by atoms with Crippen molar-refractivity contribution >= 4 is 17.3 Å². The van der Waals surface area contributed by atoms with Gasteiger partial charge in [0.1, 0.15) is 0 Å². The first-order valence-electron chi connectivity index (χ1n) is 12.0. The second-order valence-electron chi connectivity index (χ2n) is 9.00. The van der Waals surface area contributed by atoms with Gasteiger partial charge in [0.2, 0.25) is 0 Å². The number of aromatic nitrogens is 3. The average Bonchev–Trinajstić information content (AvgIpc) is 3.35. The van der Waals surface area contributed by atoms with Crippen LogP contribution in [0.25, 0.3) is 5.69 Å². The molecule has 0 aliphatic carbocycles. The molecule has 0 saturated carbocycles. The summed E-state index contributed by atoms with van der Waals surface area (Å²) in [5.74, 6) is 0. The lowest BCUT2D eigenvalue weighted by Gasteiger charge is -2.30. The fourth-order valence-electron chi connectivity index (χ4n) is 5.24.